The standard InChI is InChI=1S/C11H13ClN2O2/c12-8-4-5-11(14(15)16)9(7-8)10-3-1-2-6-13-10/h4-5,7,10,13H,1-3,6H2. The number of nitro groups is 1. The van der Waals surface area contributed by atoms with Crippen LogP contribution in [0.15, 0.2) is 18.2 Å². The summed E-state index contributed by atoms with van der Waals surface area (Å²) < 4.78 is 0. The van der Waals surface area contributed by atoms with E-state index in [1.165, 1.54) is 6.07 Å². The molecule has 5 heteroatoms. The average Bonchev–Trinajstić information content (AvgIpc) is 2.29. The highest BCUT2D eigenvalue weighted by Gasteiger charge is 2.23. The van der Waals surface area contributed by atoms with Gasteiger partial charge in [0, 0.05) is 22.7 Å². The molecular formula is C11H13ClN2O2. The van der Waals surface area contributed by atoms with Gasteiger partial charge in [0.05, 0.1) is 4.92 Å². The monoisotopic (exact) mass is 240 g/mol. The van der Waals surface area contributed by atoms with Crippen LogP contribution in [0.3, 0.4) is 0 Å². The van der Waals surface area contributed by atoms with Crippen LogP contribution in [0.5, 0.6) is 0 Å². The minimum Gasteiger partial charge on any atom is -0.310 e. The smallest absolute Gasteiger partial charge is 0.274 e. The summed E-state index contributed by atoms with van der Waals surface area (Å²) in [5.74, 6) is 0. The summed E-state index contributed by atoms with van der Waals surface area (Å²) in [7, 11) is 0. The SMILES string of the molecule is O=[N+]([O-])c1ccc(Cl)cc1C1CCCCN1. The topological polar surface area (TPSA) is 55.2 Å². The third kappa shape index (κ3) is 2.33. The molecule has 0 saturated carbocycles. The molecule has 1 unspecified atom stereocenters. The highest BCUT2D eigenvalue weighted by molar-refractivity contribution is 6.30. The summed E-state index contributed by atoms with van der Waals surface area (Å²) in [6.45, 7) is 0.911. The largest absolute Gasteiger partial charge is 0.310 e. The van der Waals surface area contributed by atoms with Gasteiger partial charge in [0.1, 0.15) is 0 Å². The van der Waals surface area contributed by atoms with Crippen molar-refractivity contribution in [2.45, 2.75) is 25.3 Å². The van der Waals surface area contributed by atoms with Crippen LogP contribution >= 0.6 is 11.6 Å². The Bertz CT molecular complexity index is 403. The molecule has 0 amide bonds. The lowest BCUT2D eigenvalue weighted by Crippen LogP contribution is -2.27. The van der Waals surface area contributed by atoms with Crippen molar-refractivity contribution in [3.05, 3.63) is 38.9 Å². The maximum absolute atomic E-state index is 10.9. The maximum atomic E-state index is 10.9. The van der Waals surface area contributed by atoms with E-state index in [1.54, 1.807) is 12.1 Å². The zero-order valence-electron chi connectivity index (χ0n) is 8.78. The molecule has 0 spiro atoms. The van der Waals surface area contributed by atoms with E-state index in [0.29, 0.717) is 10.6 Å². The molecule has 0 bridgehead atoms. The Morgan fingerprint density at radius 1 is 1.44 bits per heavy atom. The van der Waals surface area contributed by atoms with Crippen molar-refractivity contribution in [1.29, 1.82) is 0 Å². The second kappa shape index (κ2) is 4.80. The third-order valence-corrected chi connectivity index (χ3v) is 3.11. The first-order valence-electron chi connectivity index (χ1n) is 5.35. The van der Waals surface area contributed by atoms with E-state index < -0.39 is 0 Å². The number of nitro benzene ring substituents is 1. The van der Waals surface area contributed by atoms with E-state index in [2.05, 4.69) is 5.32 Å². The van der Waals surface area contributed by atoms with Crippen molar-refractivity contribution in [2.24, 2.45) is 0 Å². The van der Waals surface area contributed by atoms with Crippen molar-refractivity contribution >= 4 is 17.3 Å². The molecule has 0 radical (unpaired) electrons. The Balaban J connectivity index is 2.36. The molecule has 1 aliphatic rings. The van der Waals surface area contributed by atoms with Gasteiger partial charge in [-0.25, -0.2) is 0 Å². The van der Waals surface area contributed by atoms with Crippen LogP contribution in [0.1, 0.15) is 30.9 Å². The number of rotatable bonds is 2. The predicted molar refractivity (Wildman–Crippen MR) is 62.7 cm³/mol. The van der Waals surface area contributed by atoms with Crippen LogP contribution in [0, 0.1) is 10.1 Å². The fraction of sp³-hybridized carbons (Fsp3) is 0.455. The minimum absolute atomic E-state index is 0.0628. The first-order valence-corrected chi connectivity index (χ1v) is 5.73. The first-order chi connectivity index (χ1) is 7.68. The van der Waals surface area contributed by atoms with E-state index in [9.17, 15) is 10.1 Å². The van der Waals surface area contributed by atoms with Gasteiger partial charge in [-0.15, -0.1) is 0 Å². The number of benzene rings is 1. The number of nitrogens with zero attached hydrogens (tertiary/aromatic N) is 1. The Labute approximate surface area is 98.8 Å². The second-order valence-corrected chi connectivity index (χ2v) is 4.40. The highest BCUT2D eigenvalue weighted by Crippen LogP contribution is 2.32. The molecule has 86 valence electrons. The highest BCUT2D eigenvalue weighted by atomic mass is 35.5. The Morgan fingerprint density at radius 3 is 2.88 bits per heavy atom. The molecule has 4 nitrogen and oxygen atoms in total. The lowest BCUT2D eigenvalue weighted by Gasteiger charge is -2.23. The molecule has 16 heavy (non-hydrogen) atoms. The zero-order valence-corrected chi connectivity index (χ0v) is 9.54. The van der Waals surface area contributed by atoms with E-state index in [0.717, 1.165) is 25.8 Å². The van der Waals surface area contributed by atoms with Gasteiger partial charge in [-0.3, -0.25) is 10.1 Å². The normalized spacial score (nSPS) is 20.7. The lowest BCUT2D eigenvalue weighted by atomic mass is 9.96. The Morgan fingerprint density at radius 2 is 2.25 bits per heavy atom. The van der Waals surface area contributed by atoms with Crippen molar-refractivity contribution in [2.75, 3.05) is 6.54 Å². The van der Waals surface area contributed by atoms with Crippen LogP contribution < -0.4 is 5.32 Å². The van der Waals surface area contributed by atoms with Gasteiger partial charge in [-0.05, 0) is 31.5 Å². The molecule has 1 heterocycles. The first kappa shape index (κ1) is 11.4. The Kier molecular flexibility index (Phi) is 3.41. The molecule has 1 fully saturated rings. The summed E-state index contributed by atoms with van der Waals surface area (Å²) in [6.07, 6.45) is 3.16. The van der Waals surface area contributed by atoms with E-state index in [1.807, 2.05) is 0 Å². The summed E-state index contributed by atoms with van der Waals surface area (Å²) in [6, 6.07) is 4.80. The number of hydrogen-bond donors (Lipinski definition) is 1. The molecule has 0 aromatic heterocycles. The third-order valence-electron chi connectivity index (χ3n) is 2.87. The van der Waals surface area contributed by atoms with Crippen LogP contribution in [-0.4, -0.2) is 11.5 Å². The second-order valence-electron chi connectivity index (χ2n) is 3.96. The van der Waals surface area contributed by atoms with Crippen LogP contribution in [-0.2, 0) is 0 Å². The molecule has 0 aliphatic carbocycles. The van der Waals surface area contributed by atoms with Crippen molar-refractivity contribution < 1.29 is 4.92 Å². The maximum Gasteiger partial charge on any atom is 0.274 e. The van der Waals surface area contributed by atoms with Crippen molar-refractivity contribution in [3.8, 4) is 0 Å². The quantitative estimate of drug-likeness (QED) is 0.639. The van der Waals surface area contributed by atoms with Gasteiger partial charge in [0.2, 0.25) is 0 Å². The molecule has 1 aliphatic heterocycles. The fourth-order valence-electron chi connectivity index (χ4n) is 2.09. The molecule has 1 saturated heterocycles. The molecule has 1 aromatic carbocycles. The number of nitrogens with one attached hydrogen (secondary N) is 1. The van der Waals surface area contributed by atoms with E-state index in [-0.39, 0.29) is 16.7 Å². The van der Waals surface area contributed by atoms with Crippen LogP contribution in [0.2, 0.25) is 5.02 Å². The van der Waals surface area contributed by atoms with Crippen molar-refractivity contribution in [3.63, 3.8) is 0 Å². The van der Waals surface area contributed by atoms with Crippen LogP contribution in [0.4, 0.5) is 5.69 Å². The summed E-state index contributed by atoms with van der Waals surface area (Å²) >= 11 is 5.89. The number of piperidine rings is 1. The van der Waals surface area contributed by atoms with Crippen LogP contribution in [0.25, 0.3) is 0 Å². The predicted octanol–water partition coefficient (Wildman–Crippen LogP) is 3.06. The van der Waals surface area contributed by atoms with Crippen molar-refractivity contribution in [1.82, 2.24) is 5.32 Å². The summed E-state index contributed by atoms with van der Waals surface area (Å²) in [5.41, 5.74) is 0.862. The molecule has 1 aromatic rings. The number of halogens is 1. The van der Waals surface area contributed by atoms with Gasteiger partial charge in [-0.1, -0.05) is 18.0 Å². The summed E-state index contributed by atoms with van der Waals surface area (Å²) in [4.78, 5) is 10.6. The number of hydrogen-bond acceptors (Lipinski definition) is 3. The summed E-state index contributed by atoms with van der Waals surface area (Å²) in [5, 5.41) is 14.8. The van der Waals surface area contributed by atoms with Gasteiger partial charge < -0.3 is 5.32 Å². The van der Waals surface area contributed by atoms with Gasteiger partial charge >= 0.3 is 0 Å². The minimum atomic E-state index is -0.345. The zero-order chi connectivity index (χ0) is 11.5. The van der Waals surface area contributed by atoms with Gasteiger partial charge in [0.25, 0.3) is 5.69 Å². The van der Waals surface area contributed by atoms with Gasteiger partial charge in [0.15, 0.2) is 0 Å². The molecule has 2 rings (SSSR count). The van der Waals surface area contributed by atoms with E-state index in [4.69, 9.17) is 11.6 Å². The fourth-order valence-corrected chi connectivity index (χ4v) is 2.27. The molecule has 1 atom stereocenters. The molecular weight excluding hydrogens is 228 g/mol. The van der Waals surface area contributed by atoms with Gasteiger partial charge in [-0.2, -0.15) is 0 Å². The Hall–Kier alpha value is -1.13. The van der Waals surface area contributed by atoms with E-state index >= 15 is 0 Å². The lowest BCUT2D eigenvalue weighted by molar-refractivity contribution is -0.385. The molecule has 1 N–H and O–H groups in total. The average molecular weight is 241 g/mol.